The summed E-state index contributed by atoms with van der Waals surface area (Å²) in [6.07, 6.45) is 0. The molecule has 0 bridgehead atoms. The zero-order valence-electron chi connectivity index (χ0n) is 7.05. The minimum absolute atomic E-state index is 0.327. The highest BCUT2D eigenvalue weighted by Crippen LogP contribution is 2.11. The normalized spacial score (nSPS) is 15.3. The molecule has 0 atom stereocenters. The Labute approximate surface area is 75.5 Å². The van der Waals surface area contributed by atoms with Crippen LogP contribution in [0.3, 0.4) is 0 Å². The van der Waals surface area contributed by atoms with E-state index >= 15 is 0 Å². The van der Waals surface area contributed by atoms with Gasteiger partial charge in [0.15, 0.2) is 0 Å². The number of nitrogens with zero attached hydrogens (tertiary/aromatic N) is 1. The van der Waals surface area contributed by atoms with Crippen LogP contribution in [0.4, 0.5) is 10.1 Å². The molecule has 4 heteroatoms. The molecule has 68 valence electrons. The highest BCUT2D eigenvalue weighted by atomic mass is 19.1. The first-order chi connectivity index (χ1) is 6.25. The quantitative estimate of drug-likeness (QED) is 0.625. The standard InChI is InChI=1S/C9H10FN3/c10-7-3-6(4-8(11)5-7)9-12-1-2-13-9/h3-5H,1-2,11H2,(H,12,13). The van der Waals surface area contributed by atoms with Crippen LogP contribution in [-0.2, 0) is 0 Å². The number of halogens is 1. The van der Waals surface area contributed by atoms with Gasteiger partial charge in [-0.15, -0.1) is 0 Å². The first-order valence-electron chi connectivity index (χ1n) is 4.10. The van der Waals surface area contributed by atoms with Gasteiger partial charge in [0.05, 0.1) is 6.54 Å². The Balaban J connectivity index is 2.39. The summed E-state index contributed by atoms with van der Waals surface area (Å²) in [6, 6.07) is 4.42. The summed E-state index contributed by atoms with van der Waals surface area (Å²) in [7, 11) is 0. The Morgan fingerprint density at radius 3 is 2.85 bits per heavy atom. The van der Waals surface area contributed by atoms with E-state index in [0.717, 1.165) is 24.5 Å². The van der Waals surface area contributed by atoms with Crippen LogP contribution in [0.25, 0.3) is 0 Å². The number of nitrogen functional groups attached to an aromatic ring is 1. The average Bonchev–Trinajstić information content (AvgIpc) is 2.53. The van der Waals surface area contributed by atoms with Crippen molar-refractivity contribution >= 4 is 11.5 Å². The van der Waals surface area contributed by atoms with E-state index in [1.54, 1.807) is 6.07 Å². The van der Waals surface area contributed by atoms with Gasteiger partial charge in [-0.2, -0.15) is 0 Å². The number of anilines is 1. The van der Waals surface area contributed by atoms with Gasteiger partial charge in [-0.05, 0) is 18.2 Å². The molecule has 1 aromatic carbocycles. The molecule has 0 amide bonds. The summed E-state index contributed by atoms with van der Waals surface area (Å²) in [5, 5.41) is 3.06. The first-order valence-corrected chi connectivity index (χ1v) is 4.10. The summed E-state index contributed by atoms with van der Waals surface area (Å²) in [4.78, 5) is 4.17. The van der Waals surface area contributed by atoms with Crippen LogP contribution in [0.15, 0.2) is 23.2 Å². The molecule has 1 heterocycles. The van der Waals surface area contributed by atoms with Crippen LogP contribution in [0, 0.1) is 5.82 Å². The molecule has 0 aromatic heterocycles. The van der Waals surface area contributed by atoms with Crippen molar-refractivity contribution in [2.24, 2.45) is 4.99 Å². The van der Waals surface area contributed by atoms with Gasteiger partial charge in [-0.3, -0.25) is 4.99 Å². The summed E-state index contributed by atoms with van der Waals surface area (Å²) in [6.45, 7) is 1.55. The number of nitrogens with one attached hydrogen (secondary N) is 1. The molecule has 3 nitrogen and oxygen atoms in total. The highest BCUT2D eigenvalue weighted by molar-refractivity contribution is 6.00. The Bertz CT molecular complexity index is 340. The van der Waals surface area contributed by atoms with Gasteiger partial charge in [-0.1, -0.05) is 0 Å². The van der Waals surface area contributed by atoms with Gasteiger partial charge in [0.25, 0.3) is 0 Å². The van der Waals surface area contributed by atoms with Gasteiger partial charge in [0.2, 0.25) is 0 Å². The zero-order valence-corrected chi connectivity index (χ0v) is 7.05. The first kappa shape index (κ1) is 8.04. The topological polar surface area (TPSA) is 50.4 Å². The third kappa shape index (κ3) is 1.61. The fraction of sp³-hybridized carbons (Fsp3) is 0.222. The van der Waals surface area contributed by atoms with Crippen molar-refractivity contribution in [3.63, 3.8) is 0 Å². The maximum Gasteiger partial charge on any atom is 0.128 e. The molecule has 13 heavy (non-hydrogen) atoms. The van der Waals surface area contributed by atoms with Crippen LogP contribution in [0.1, 0.15) is 5.56 Å². The van der Waals surface area contributed by atoms with Gasteiger partial charge < -0.3 is 11.1 Å². The molecule has 1 aliphatic rings. The minimum atomic E-state index is -0.327. The number of nitrogens with two attached hydrogens (primary N) is 1. The van der Waals surface area contributed by atoms with E-state index in [2.05, 4.69) is 10.3 Å². The van der Waals surface area contributed by atoms with Crippen LogP contribution >= 0.6 is 0 Å². The van der Waals surface area contributed by atoms with Crippen LogP contribution < -0.4 is 11.1 Å². The molecule has 3 N–H and O–H groups in total. The van der Waals surface area contributed by atoms with Crippen LogP contribution in [0.5, 0.6) is 0 Å². The van der Waals surface area contributed by atoms with Gasteiger partial charge in [-0.25, -0.2) is 4.39 Å². The number of aliphatic imine (C=N–C) groups is 1. The lowest BCUT2D eigenvalue weighted by atomic mass is 10.2. The van der Waals surface area contributed by atoms with Crippen LogP contribution in [0.2, 0.25) is 0 Å². The number of benzene rings is 1. The molecular formula is C9H10FN3. The van der Waals surface area contributed by atoms with Crippen molar-refractivity contribution in [2.75, 3.05) is 18.8 Å². The molecule has 0 saturated carbocycles. The summed E-state index contributed by atoms with van der Waals surface area (Å²) in [5.41, 5.74) is 6.64. The Morgan fingerprint density at radius 1 is 1.38 bits per heavy atom. The predicted molar refractivity (Wildman–Crippen MR) is 50.2 cm³/mol. The molecule has 0 saturated heterocycles. The van der Waals surface area contributed by atoms with Gasteiger partial charge >= 0.3 is 0 Å². The summed E-state index contributed by atoms with van der Waals surface area (Å²) < 4.78 is 12.9. The van der Waals surface area contributed by atoms with E-state index in [0.29, 0.717) is 5.69 Å². The van der Waals surface area contributed by atoms with Crippen molar-refractivity contribution in [1.29, 1.82) is 0 Å². The van der Waals surface area contributed by atoms with Gasteiger partial charge in [0, 0.05) is 17.8 Å². The van der Waals surface area contributed by atoms with E-state index < -0.39 is 0 Å². The number of rotatable bonds is 1. The third-order valence-corrected chi connectivity index (χ3v) is 1.87. The fourth-order valence-corrected chi connectivity index (χ4v) is 1.34. The second kappa shape index (κ2) is 3.05. The van der Waals surface area contributed by atoms with Gasteiger partial charge in [0.1, 0.15) is 11.7 Å². The minimum Gasteiger partial charge on any atom is -0.399 e. The van der Waals surface area contributed by atoms with E-state index in [4.69, 9.17) is 5.73 Å². The lowest BCUT2D eigenvalue weighted by Gasteiger charge is -2.03. The van der Waals surface area contributed by atoms with Crippen molar-refractivity contribution in [1.82, 2.24) is 5.32 Å². The van der Waals surface area contributed by atoms with Crippen molar-refractivity contribution in [3.05, 3.63) is 29.6 Å². The van der Waals surface area contributed by atoms with E-state index in [1.807, 2.05) is 0 Å². The summed E-state index contributed by atoms with van der Waals surface area (Å²) in [5.74, 6) is 0.401. The molecule has 0 spiro atoms. The smallest absolute Gasteiger partial charge is 0.128 e. The second-order valence-electron chi connectivity index (χ2n) is 2.93. The van der Waals surface area contributed by atoms with E-state index in [-0.39, 0.29) is 5.82 Å². The molecule has 1 aromatic rings. The highest BCUT2D eigenvalue weighted by Gasteiger charge is 2.09. The average molecular weight is 179 g/mol. The SMILES string of the molecule is Nc1cc(F)cc(C2=NCCN2)c1. The fourth-order valence-electron chi connectivity index (χ4n) is 1.34. The Hall–Kier alpha value is -1.58. The maximum absolute atomic E-state index is 12.9. The third-order valence-electron chi connectivity index (χ3n) is 1.87. The molecule has 0 unspecified atom stereocenters. The monoisotopic (exact) mass is 179 g/mol. The summed E-state index contributed by atoms with van der Waals surface area (Å²) >= 11 is 0. The molecular weight excluding hydrogens is 169 g/mol. The Morgan fingerprint density at radius 2 is 2.23 bits per heavy atom. The number of hydrogen-bond donors (Lipinski definition) is 2. The predicted octanol–water partition coefficient (Wildman–Crippen LogP) is 0.758. The molecule has 0 aliphatic carbocycles. The molecule has 1 aliphatic heterocycles. The molecule has 2 rings (SSSR count). The lowest BCUT2D eigenvalue weighted by Crippen LogP contribution is -2.19. The van der Waals surface area contributed by atoms with Crippen molar-refractivity contribution < 1.29 is 4.39 Å². The number of hydrogen-bond acceptors (Lipinski definition) is 3. The van der Waals surface area contributed by atoms with E-state index in [9.17, 15) is 4.39 Å². The lowest BCUT2D eigenvalue weighted by molar-refractivity contribution is 0.628. The largest absolute Gasteiger partial charge is 0.399 e. The molecule has 0 fully saturated rings. The molecule has 0 radical (unpaired) electrons. The zero-order chi connectivity index (χ0) is 9.26. The van der Waals surface area contributed by atoms with Crippen molar-refractivity contribution in [2.45, 2.75) is 0 Å². The van der Waals surface area contributed by atoms with Crippen LogP contribution in [-0.4, -0.2) is 18.9 Å². The number of amidine groups is 1. The Kier molecular flexibility index (Phi) is 1.88. The van der Waals surface area contributed by atoms with Crippen molar-refractivity contribution in [3.8, 4) is 0 Å². The van der Waals surface area contributed by atoms with E-state index in [1.165, 1.54) is 12.1 Å². The maximum atomic E-state index is 12.9. The second-order valence-corrected chi connectivity index (χ2v) is 2.93.